The van der Waals surface area contributed by atoms with Gasteiger partial charge in [-0.3, -0.25) is 9.59 Å². The number of benzene rings is 1. The highest BCUT2D eigenvalue weighted by atomic mass is 35.5. The molecule has 1 N–H and O–H groups in total. The summed E-state index contributed by atoms with van der Waals surface area (Å²) >= 11 is 5.84. The minimum atomic E-state index is -0.0598. The van der Waals surface area contributed by atoms with E-state index in [1.807, 2.05) is 29.2 Å². The third-order valence-electron chi connectivity index (χ3n) is 4.44. The second-order valence-corrected chi connectivity index (χ2v) is 7.41. The molecule has 24 heavy (non-hydrogen) atoms. The van der Waals surface area contributed by atoms with Crippen molar-refractivity contribution >= 4 is 23.4 Å². The van der Waals surface area contributed by atoms with E-state index in [1.165, 1.54) is 6.42 Å². The minimum absolute atomic E-state index is 0.0598. The van der Waals surface area contributed by atoms with Crippen molar-refractivity contribution in [2.75, 3.05) is 19.6 Å². The second-order valence-electron chi connectivity index (χ2n) is 6.97. The van der Waals surface area contributed by atoms with Crippen molar-refractivity contribution in [1.29, 1.82) is 0 Å². The van der Waals surface area contributed by atoms with Crippen LogP contribution in [0.5, 0.6) is 0 Å². The molecular weight excluding hydrogens is 324 g/mol. The van der Waals surface area contributed by atoms with Crippen LogP contribution < -0.4 is 5.32 Å². The van der Waals surface area contributed by atoms with Gasteiger partial charge in [-0.2, -0.15) is 0 Å². The van der Waals surface area contributed by atoms with E-state index < -0.39 is 0 Å². The number of likely N-dealkylation sites (tertiary alicyclic amines) is 1. The first-order chi connectivity index (χ1) is 11.4. The molecule has 0 saturated carbocycles. The van der Waals surface area contributed by atoms with Gasteiger partial charge in [0.05, 0.1) is 0 Å². The van der Waals surface area contributed by atoms with Gasteiger partial charge in [-0.05, 0) is 42.4 Å². The second kappa shape index (κ2) is 9.07. The van der Waals surface area contributed by atoms with E-state index in [9.17, 15) is 9.59 Å². The van der Waals surface area contributed by atoms with Crippen LogP contribution in [-0.2, 0) is 16.0 Å². The number of amides is 2. The molecule has 5 heteroatoms. The fourth-order valence-electron chi connectivity index (χ4n) is 3.33. The standard InChI is InChI=1S/C19H27ClN2O2/c1-14-11-15(2)13-22(12-14)19(24)8-7-18(23)21-10-9-16-3-5-17(20)6-4-16/h3-6,14-15H,7-13H2,1-2H3,(H,21,23)/t14-,15+. The molecule has 4 nitrogen and oxygen atoms in total. The summed E-state index contributed by atoms with van der Waals surface area (Å²) in [5.41, 5.74) is 1.13. The molecule has 2 amide bonds. The molecule has 1 fully saturated rings. The van der Waals surface area contributed by atoms with E-state index in [2.05, 4.69) is 19.2 Å². The first-order valence-electron chi connectivity index (χ1n) is 8.73. The van der Waals surface area contributed by atoms with Crippen LogP contribution in [0.2, 0.25) is 5.02 Å². The van der Waals surface area contributed by atoms with E-state index >= 15 is 0 Å². The number of rotatable bonds is 6. The van der Waals surface area contributed by atoms with Gasteiger partial charge in [0.25, 0.3) is 0 Å². The van der Waals surface area contributed by atoms with Gasteiger partial charge in [0.1, 0.15) is 0 Å². The van der Waals surface area contributed by atoms with E-state index in [0.717, 1.165) is 25.1 Å². The van der Waals surface area contributed by atoms with Gasteiger partial charge in [-0.15, -0.1) is 0 Å². The van der Waals surface area contributed by atoms with Gasteiger partial charge in [0.2, 0.25) is 11.8 Å². The van der Waals surface area contributed by atoms with Crippen LogP contribution in [0.3, 0.4) is 0 Å². The molecule has 0 aliphatic carbocycles. The first-order valence-corrected chi connectivity index (χ1v) is 9.10. The predicted molar refractivity (Wildman–Crippen MR) is 96.9 cm³/mol. The summed E-state index contributed by atoms with van der Waals surface area (Å²) in [4.78, 5) is 26.1. The maximum Gasteiger partial charge on any atom is 0.223 e. The average molecular weight is 351 g/mol. The third kappa shape index (κ3) is 6.16. The Morgan fingerprint density at radius 2 is 1.75 bits per heavy atom. The quantitative estimate of drug-likeness (QED) is 0.855. The summed E-state index contributed by atoms with van der Waals surface area (Å²) in [7, 11) is 0. The van der Waals surface area contributed by atoms with Crippen LogP contribution in [-0.4, -0.2) is 36.3 Å². The van der Waals surface area contributed by atoms with Crippen molar-refractivity contribution < 1.29 is 9.59 Å². The maximum atomic E-state index is 12.3. The molecule has 0 bridgehead atoms. The van der Waals surface area contributed by atoms with Crippen LogP contribution >= 0.6 is 11.6 Å². The predicted octanol–water partition coefficient (Wildman–Crippen LogP) is 3.28. The highest BCUT2D eigenvalue weighted by Crippen LogP contribution is 2.21. The molecule has 0 spiro atoms. The van der Waals surface area contributed by atoms with Gasteiger partial charge in [0.15, 0.2) is 0 Å². The van der Waals surface area contributed by atoms with Crippen molar-refractivity contribution in [3.63, 3.8) is 0 Å². The molecule has 132 valence electrons. The Kier molecular flexibility index (Phi) is 7.10. The lowest BCUT2D eigenvalue weighted by molar-refractivity contribution is -0.135. The largest absolute Gasteiger partial charge is 0.356 e. The summed E-state index contributed by atoms with van der Waals surface area (Å²) in [6, 6.07) is 7.60. The number of piperidine rings is 1. The normalized spacial score (nSPS) is 20.7. The zero-order chi connectivity index (χ0) is 17.5. The monoisotopic (exact) mass is 350 g/mol. The van der Waals surface area contributed by atoms with Gasteiger partial charge in [-0.1, -0.05) is 37.6 Å². The molecular formula is C19H27ClN2O2. The topological polar surface area (TPSA) is 49.4 Å². The third-order valence-corrected chi connectivity index (χ3v) is 4.69. The number of carbonyl (C=O) groups is 2. The molecule has 0 unspecified atom stereocenters. The van der Waals surface area contributed by atoms with E-state index in [0.29, 0.717) is 29.8 Å². The number of halogens is 1. The fraction of sp³-hybridized carbons (Fsp3) is 0.579. The molecule has 0 radical (unpaired) electrons. The summed E-state index contributed by atoms with van der Waals surface area (Å²) in [5, 5.41) is 3.59. The Hall–Kier alpha value is -1.55. The summed E-state index contributed by atoms with van der Waals surface area (Å²) in [6.45, 7) is 6.58. The van der Waals surface area contributed by atoms with E-state index in [4.69, 9.17) is 11.6 Å². The Labute approximate surface area is 149 Å². The lowest BCUT2D eigenvalue weighted by Gasteiger charge is -2.35. The van der Waals surface area contributed by atoms with Crippen molar-refractivity contribution in [2.45, 2.75) is 39.5 Å². The number of nitrogens with zero attached hydrogens (tertiary/aromatic N) is 1. The molecule has 2 atom stereocenters. The molecule has 1 aliphatic heterocycles. The van der Waals surface area contributed by atoms with Gasteiger partial charge >= 0.3 is 0 Å². The zero-order valence-corrected chi connectivity index (χ0v) is 15.3. The molecule has 1 aromatic carbocycles. The molecule has 1 aromatic rings. The number of hydrogen-bond donors (Lipinski definition) is 1. The Bertz CT molecular complexity index is 549. The fourth-order valence-corrected chi connectivity index (χ4v) is 3.46. The first kappa shape index (κ1) is 18.8. The van der Waals surface area contributed by atoms with Crippen LogP contribution in [0.4, 0.5) is 0 Å². The molecule has 0 aromatic heterocycles. The number of nitrogens with one attached hydrogen (secondary N) is 1. The zero-order valence-electron chi connectivity index (χ0n) is 14.6. The lowest BCUT2D eigenvalue weighted by atomic mass is 9.91. The van der Waals surface area contributed by atoms with Gasteiger partial charge in [-0.25, -0.2) is 0 Å². The summed E-state index contributed by atoms with van der Waals surface area (Å²) < 4.78 is 0. The van der Waals surface area contributed by atoms with E-state index in [1.54, 1.807) is 0 Å². The van der Waals surface area contributed by atoms with Gasteiger partial charge < -0.3 is 10.2 Å². The Balaban J connectivity index is 1.65. The summed E-state index contributed by atoms with van der Waals surface area (Å²) in [6.07, 6.45) is 2.50. The van der Waals surface area contributed by atoms with Crippen molar-refractivity contribution in [3.8, 4) is 0 Å². The Morgan fingerprint density at radius 3 is 2.38 bits per heavy atom. The average Bonchev–Trinajstić information content (AvgIpc) is 2.53. The molecule has 1 saturated heterocycles. The summed E-state index contributed by atoms with van der Waals surface area (Å²) in [5.74, 6) is 1.13. The SMILES string of the molecule is C[C@@H]1C[C@H](C)CN(C(=O)CCC(=O)NCCc2ccc(Cl)cc2)C1. The van der Waals surface area contributed by atoms with Crippen LogP contribution in [0.25, 0.3) is 0 Å². The van der Waals surface area contributed by atoms with Crippen molar-refractivity contribution in [2.24, 2.45) is 11.8 Å². The lowest BCUT2D eigenvalue weighted by Crippen LogP contribution is -2.42. The molecule has 1 aliphatic rings. The van der Waals surface area contributed by atoms with Crippen LogP contribution in [0.1, 0.15) is 38.7 Å². The highest BCUT2D eigenvalue weighted by molar-refractivity contribution is 6.30. The minimum Gasteiger partial charge on any atom is -0.356 e. The van der Waals surface area contributed by atoms with E-state index in [-0.39, 0.29) is 18.2 Å². The van der Waals surface area contributed by atoms with Crippen LogP contribution in [0.15, 0.2) is 24.3 Å². The highest BCUT2D eigenvalue weighted by Gasteiger charge is 2.25. The Morgan fingerprint density at radius 1 is 1.12 bits per heavy atom. The van der Waals surface area contributed by atoms with Crippen molar-refractivity contribution in [3.05, 3.63) is 34.9 Å². The molecule has 1 heterocycles. The molecule has 2 rings (SSSR count). The van der Waals surface area contributed by atoms with Crippen molar-refractivity contribution in [1.82, 2.24) is 10.2 Å². The number of hydrogen-bond acceptors (Lipinski definition) is 2. The van der Waals surface area contributed by atoms with Gasteiger partial charge in [0, 0.05) is 37.5 Å². The maximum absolute atomic E-state index is 12.3. The van der Waals surface area contributed by atoms with Crippen LogP contribution in [0, 0.1) is 11.8 Å². The number of carbonyl (C=O) groups excluding carboxylic acids is 2. The smallest absolute Gasteiger partial charge is 0.223 e.